The van der Waals surface area contributed by atoms with Crippen molar-refractivity contribution in [2.24, 2.45) is 5.41 Å². The highest BCUT2D eigenvalue weighted by Gasteiger charge is 2.10. The van der Waals surface area contributed by atoms with E-state index in [0.29, 0.717) is 0 Å². The Hall–Kier alpha value is -1.47. The zero-order valence-corrected chi connectivity index (χ0v) is 9.79. The van der Waals surface area contributed by atoms with Crippen LogP contribution >= 0.6 is 0 Å². The molecule has 0 heterocycles. The molecule has 15 heavy (non-hydrogen) atoms. The molecule has 0 aromatic heterocycles. The lowest BCUT2D eigenvalue weighted by atomic mass is 9.97. The summed E-state index contributed by atoms with van der Waals surface area (Å²) in [5, 5.41) is 0. The van der Waals surface area contributed by atoms with E-state index in [1.165, 1.54) is 7.11 Å². The molecule has 3 heteroatoms. The Labute approximate surface area is 91.1 Å². The molecule has 0 aromatic carbocycles. The van der Waals surface area contributed by atoms with Crippen LogP contribution in [-0.2, 0) is 14.3 Å². The highest BCUT2D eigenvalue weighted by Crippen LogP contribution is 2.14. The second-order valence-electron chi connectivity index (χ2n) is 4.08. The van der Waals surface area contributed by atoms with Crippen LogP contribution in [0.4, 0.5) is 0 Å². The molecule has 0 spiro atoms. The first-order valence-electron chi connectivity index (χ1n) is 4.70. The van der Waals surface area contributed by atoms with Crippen LogP contribution < -0.4 is 0 Å². The number of hydrogen-bond donors (Lipinski definition) is 0. The van der Waals surface area contributed by atoms with Gasteiger partial charge in [-0.05, 0) is 11.5 Å². The third kappa shape index (κ3) is 6.58. The zero-order valence-electron chi connectivity index (χ0n) is 9.79. The average molecular weight is 210 g/mol. The Morgan fingerprint density at radius 1 is 1.47 bits per heavy atom. The molecule has 0 amide bonds. The molecule has 0 fully saturated rings. The van der Waals surface area contributed by atoms with Gasteiger partial charge in [-0.15, -0.1) is 0 Å². The molecule has 0 N–H and O–H groups in total. The molecule has 0 saturated heterocycles. The van der Waals surface area contributed by atoms with Crippen molar-refractivity contribution in [2.45, 2.75) is 20.8 Å². The van der Waals surface area contributed by atoms with Gasteiger partial charge in [0.15, 0.2) is 0 Å². The maximum absolute atomic E-state index is 11.2. The fraction of sp³-hybridized carbons (Fsp3) is 0.500. The Morgan fingerprint density at radius 2 is 2.07 bits per heavy atom. The quantitative estimate of drug-likeness (QED) is 0.235. The highest BCUT2D eigenvalue weighted by atomic mass is 16.6. The lowest BCUT2D eigenvalue weighted by molar-refractivity contribution is -0.139. The highest BCUT2D eigenvalue weighted by molar-refractivity contribution is 5.85. The van der Waals surface area contributed by atoms with Crippen LogP contribution in [0.1, 0.15) is 20.8 Å². The molecule has 0 aliphatic carbocycles. The summed E-state index contributed by atoms with van der Waals surface area (Å²) < 4.78 is 9.68. The van der Waals surface area contributed by atoms with Gasteiger partial charge in [-0.3, -0.25) is 0 Å². The number of esters is 1. The van der Waals surface area contributed by atoms with E-state index in [4.69, 9.17) is 4.74 Å². The van der Waals surface area contributed by atoms with Crippen LogP contribution in [0.25, 0.3) is 0 Å². The number of rotatable bonds is 4. The van der Waals surface area contributed by atoms with Crippen LogP contribution in [0.5, 0.6) is 0 Å². The van der Waals surface area contributed by atoms with Crippen LogP contribution in [0.15, 0.2) is 30.2 Å². The first-order chi connectivity index (χ1) is 6.90. The van der Waals surface area contributed by atoms with Crippen molar-refractivity contribution in [1.29, 1.82) is 0 Å². The van der Waals surface area contributed by atoms with E-state index in [1.807, 2.05) is 20.8 Å². The van der Waals surface area contributed by atoms with Crippen LogP contribution in [0, 0.1) is 5.41 Å². The molecule has 0 aliphatic heterocycles. The van der Waals surface area contributed by atoms with Crippen LogP contribution in [0.2, 0.25) is 0 Å². The number of methoxy groups -OCH3 is 1. The molecule has 0 atom stereocenters. The van der Waals surface area contributed by atoms with Gasteiger partial charge in [0.05, 0.1) is 7.11 Å². The molecule has 0 saturated carbocycles. The molecule has 0 rings (SSSR count). The predicted octanol–water partition coefficient (Wildman–Crippen LogP) is 2.45. The summed E-state index contributed by atoms with van der Waals surface area (Å²) in [6.07, 6.45) is 3.32. The Balaban J connectivity index is 4.84. The summed E-state index contributed by atoms with van der Waals surface area (Å²) >= 11 is 0. The van der Waals surface area contributed by atoms with E-state index < -0.39 is 5.97 Å². The van der Waals surface area contributed by atoms with E-state index >= 15 is 0 Å². The smallest absolute Gasteiger partial charge is 0.381 e. The molecule has 0 aromatic rings. The fourth-order valence-electron chi connectivity index (χ4n) is 0.677. The van der Waals surface area contributed by atoms with Crippen molar-refractivity contribution in [3.63, 3.8) is 0 Å². The molecular formula is C12H18O3. The monoisotopic (exact) mass is 210 g/mol. The molecule has 0 bridgehead atoms. The summed E-state index contributed by atoms with van der Waals surface area (Å²) in [5.41, 5.74) is 2.73. The third-order valence-corrected chi connectivity index (χ3v) is 1.35. The molecule has 0 unspecified atom stereocenters. The largest absolute Gasteiger partial charge is 0.476 e. The fourth-order valence-corrected chi connectivity index (χ4v) is 0.677. The normalized spacial score (nSPS) is 9.87. The van der Waals surface area contributed by atoms with Gasteiger partial charge in [0.25, 0.3) is 0 Å². The topological polar surface area (TPSA) is 35.5 Å². The van der Waals surface area contributed by atoms with E-state index in [-0.39, 0.29) is 17.8 Å². The van der Waals surface area contributed by atoms with E-state index in [2.05, 4.69) is 17.0 Å². The van der Waals surface area contributed by atoms with E-state index in [9.17, 15) is 4.79 Å². The molecular weight excluding hydrogens is 192 g/mol. The maximum Gasteiger partial charge on any atom is 0.381 e. The Kier molecular flexibility index (Phi) is 5.50. The van der Waals surface area contributed by atoms with Gasteiger partial charge in [-0.2, -0.15) is 0 Å². The van der Waals surface area contributed by atoms with Crippen molar-refractivity contribution in [1.82, 2.24) is 0 Å². The van der Waals surface area contributed by atoms with Gasteiger partial charge in [0, 0.05) is 0 Å². The number of ether oxygens (including phenoxy) is 2. The van der Waals surface area contributed by atoms with Gasteiger partial charge in [0.2, 0.25) is 5.76 Å². The lowest BCUT2D eigenvalue weighted by Gasteiger charge is -2.09. The van der Waals surface area contributed by atoms with Gasteiger partial charge < -0.3 is 9.47 Å². The number of hydrogen-bond acceptors (Lipinski definition) is 3. The minimum atomic E-state index is -0.530. The minimum absolute atomic E-state index is 0.0587. The van der Waals surface area contributed by atoms with Crippen molar-refractivity contribution in [3.8, 4) is 0 Å². The SMILES string of the molecule is C=CCOC(=C=CC(C)(C)C)C(=O)OC. The van der Waals surface area contributed by atoms with Crippen molar-refractivity contribution in [3.05, 3.63) is 30.2 Å². The Morgan fingerprint density at radius 3 is 2.47 bits per heavy atom. The second-order valence-corrected chi connectivity index (χ2v) is 4.08. The van der Waals surface area contributed by atoms with Crippen molar-refractivity contribution in [2.75, 3.05) is 13.7 Å². The van der Waals surface area contributed by atoms with Crippen LogP contribution in [0.3, 0.4) is 0 Å². The molecule has 0 radical (unpaired) electrons. The van der Waals surface area contributed by atoms with Gasteiger partial charge >= 0.3 is 5.97 Å². The van der Waals surface area contributed by atoms with Crippen LogP contribution in [-0.4, -0.2) is 19.7 Å². The first kappa shape index (κ1) is 13.5. The van der Waals surface area contributed by atoms with Crippen molar-refractivity contribution >= 4 is 5.97 Å². The summed E-state index contributed by atoms with van der Waals surface area (Å²) in [5.74, 6) is -0.454. The average Bonchev–Trinajstić information content (AvgIpc) is 2.15. The number of carbonyl (C=O) groups excluding carboxylic acids is 1. The minimum Gasteiger partial charge on any atom is -0.476 e. The van der Waals surface area contributed by atoms with E-state index in [1.54, 1.807) is 12.2 Å². The summed E-state index contributed by atoms with van der Waals surface area (Å²) in [6.45, 7) is 9.76. The zero-order chi connectivity index (χ0) is 11.9. The molecule has 3 nitrogen and oxygen atoms in total. The number of carbonyl (C=O) groups is 1. The summed E-state index contributed by atoms with van der Waals surface area (Å²) in [7, 11) is 1.30. The standard InChI is InChI=1S/C12H18O3/c1-6-9-15-10(11(13)14-5)7-8-12(2,3)4/h6,8H,1,9H2,2-5H3. The second kappa shape index (κ2) is 6.10. The molecule has 84 valence electrons. The summed E-state index contributed by atoms with van der Waals surface area (Å²) in [4.78, 5) is 11.2. The van der Waals surface area contributed by atoms with Gasteiger partial charge in [-0.25, -0.2) is 4.79 Å². The third-order valence-electron chi connectivity index (χ3n) is 1.35. The molecule has 0 aliphatic rings. The first-order valence-corrected chi connectivity index (χ1v) is 4.70. The van der Waals surface area contributed by atoms with Gasteiger partial charge in [-0.1, -0.05) is 39.2 Å². The van der Waals surface area contributed by atoms with Crippen molar-refractivity contribution < 1.29 is 14.3 Å². The predicted molar refractivity (Wildman–Crippen MR) is 59.2 cm³/mol. The summed E-state index contributed by atoms with van der Waals surface area (Å²) in [6, 6.07) is 0. The Bertz CT molecular complexity index is 288. The maximum atomic E-state index is 11.2. The van der Waals surface area contributed by atoms with Gasteiger partial charge in [0.1, 0.15) is 6.61 Å². The van der Waals surface area contributed by atoms with E-state index in [0.717, 1.165) is 0 Å². The lowest BCUT2D eigenvalue weighted by Crippen LogP contribution is -2.08.